The summed E-state index contributed by atoms with van der Waals surface area (Å²) in [5.74, 6) is 1.63. The van der Waals surface area contributed by atoms with E-state index in [9.17, 15) is 0 Å². The highest BCUT2D eigenvalue weighted by Crippen LogP contribution is 2.24. The predicted molar refractivity (Wildman–Crippen MR) is 67.3 cm³/mol. The predicted octanol–water partition coefficient (Wildman–Crippen LogP) is 2.44. The number of hydrogen-bond acceptors (Lipinski definition) is 2. The first-order chi connectivity index (χ1) is 7.88. The van der Waals surface area contributed by atoms with Crippen molar-refractivity contribution < 1.29 is 5.11 Å². The number of likely N-dealkylation sites (tertiary alicyclic amines) is 1. The molecule has 2 unspecified atom stereocenters. The molecule has 0 bridgehead atoms. The van der Waals surface area contributed by atoms with E-state index in [1.54, 1.807) is 0 Å². The summed E-state index contributed by atoms with van der Waals surface area (Å²) in [5.41, 5.74) is 0. The molecule has 0 saturated carbocycles. The van der Waals surface area contributed by atoms with Crippen molar-refractivity contribution in [3.8, 4) is 0 Å². The molecule has 0 radical (unpaired) electrons. The van der Waals surface area contributed by atoms with Gasteiger partial charge in [-0.1, -0.05) is 12.2 Å². The van der Waals surface area contributed by atoms with E-state index < -0.39 is 0 Å². The lowest BCUT2D eigenvalue weighted by molar-refractivity contribution is 0.129. The molecule has 1 heterocycles. The van der Waals surface area contributed by atoms with Crippen LogP contribution in [0.5, 0.6) is 0 Å². The fourth-order valence-electron chi connectivity index (χ4n) is 3.12. The number of nitrogens with zero attached hydrogens (tertiary/aromatic N) is 1. The van der Waals surface area contributed by atoms with Crippen molar-refractivity contribution in [1.29, 1.82) is 0 Å². The van der Waals surface area contributed by atoms with Crippen molar-refractivity contribution in [1.82, 2.24) is 4.90 Å². The van der Waals surface area contributed by atoms with Crippen molar-refractivity contribution in [3.05, 3.63) is 12.2 Å². The number of rotatable bonds is 4. The first kappa shape index (κ1) is 12.1. The second kappa shape index (κ2) is 6.41. The smallest absolute Gasteiger partial charge is 0.0434 e. The van der Waals surface area contributed by atoms with E-state index >= 15 is 0 Å². The Bertz CT molecular complexity index is 225. The van der Waals surface area contributed by atoms with Crippen LogP contribution in [0.3, 0.4) is 0 Å². The second-order valence-electron chi connectivity index (χ2n) is 5.43. The molecule has 2 nitrogen and oxygen atoms in total. The zero-order valence-electron chi connectivity index (χ0n) is 10.3. The highest BCUT2D eigenvalue weighted by atomic mass is 16.3. The first-order valence-corrected chi connectivity index (χ1v) is 6.86. The van der Waals surface area contributed by atoms with Gasteiger partial charge in [-0.05, 0) is 56.9 Å². The number of hydrogen-bond donors (Lipinski definition) is 1. The van der Waals surface area contributed by atoms with E-state index in [4.69, 9.17) is 5.11 Å². The highest BCUT2D eigenvalue weighted by molar-refractivity contribution is 4.91. The van der Waals surface area contributed by atoms with Gasteiger partial charge in [0.1, 0.15) is 0 Å². The van der Waals surface area contributed by atoms with Crippen molar-refractivity contribution >= 4 is 0 Å². The molecule has 2 heteroatoms. The number of allylic oxidation sites excluding steroid dienone is 2. The normalized spacial score (nSPS) is 31.8. The van der Waals surface area contributed by atoms with Crippen LogP contribution in [0.1, 0.15) is 38.5 Å². The maximum Gasteiger partial charge on any atom is 0.0434 e. The molecule has 92 valence electrons. The summed E-state index contributed by atoms with van der Waals surface area (Å²) >= 11 is 0. The van der Waals surface area contributed by atoms with E-state index in [2.05, 4.69) is 17.1 Å². The van der Waals surface area contributed by atoms with Crippen LogP contribution in [0.15, 0.2) is 12.2 Å². The summed E-state index contributed by atoms with van der Waals surface area (Å²) < 4.78 is 0. The Morgan fingerprint density at radius 1 is 1.19 bits per heavy atom. The largest absolute Gasteiger partial charge is 0.396 e. The Labute approximate surface area is 99.3 Å². The van der Waals surface area contributed by atoms with Crippen LogP contribution in [-0.2, 0) is 0 Å². The quantitative estimate of drug-likeness (QED) is 0.740. The monoisotopic (exact) mass is 223 g/mol. The third-order valence-corrected chi connectivity index (χ3v) is 4.03. The maximum atomic E-state index is 9.00. The first-order valence-electron chi connectivity index (χ1n) is 6.86. The minimum Gasteiger partial charge on any atom is -0.396 e. The highest BCUT2D eigenvalue weighted by Gasteiger charge is 2.22. The summed E-state index contributed by atoms with van der Waals surface area (Å²) in [7, 11) is 0. The van der Waals surface area contributed by atoms with Crippen molar-refractivity contribution in [3.63, 3.8) is 0 Å². The van der Waals surface area contributed by atoms with Crippen LogP contribution in [0.2, 0.25) is 0 Å². The molecule has 1 fully saturated rings. The summed E-state index contributed by atoms with van der Waals surface area (Å²) in [6.45, 7) is 4.15. The van der Waals surface area contributed by atoms with Gasteiger partial charge in [0.2, 0.25) is 0 Å². The SMILES string of the molecule is OCCC1CCCN(CC2CC=CCC2)C1. The van der Waals surface area contributed by atoms with E-state index in [1.807, 2.05) is 0 Å². The molecule has 16 heavy (non-hydrogen) atoms. The van der Waals surface area contributed by atoms with Crippen LogP contribution < -0.4 is 0 Å². The van der Waals surface area contributed by atoms with Gasteiger partial charge in [0.15, 0.2) is 0 Å². The zero-order chi connectivity index (χ0) is 11.2. The van der Waals surface area contributed by atoms with Crippen molar-refractivity contribution in [2.75, 3.05) is 26.2 Å². The summed E-state index contributed by atoms with van der Waals surface area (Å²) in [6.07, 6.45) is 12.2. The van der Waals surface area contributed by atoms with Gasteiger partial charge in [-0.15, -0.1) is 0 Å². The standard InChI is InChI=1S/C14H25NO/c16-10-8-14-7-4-9-15(12-14)11-13-5-2-1-3-6-13/h1-2,13-14,16H,3-12H2. The van der Waals surface area contributed by atoms with Crippen LogP contribution in [0, 0.1) is 11.8 Å². The Morgan fingerprint density at radius 3 is 2.88 bits per heavy atom. The van der Waals surface area contributed by atoms with Gasteiger partial charge in [-0.25, -0.2) is 0 Å². The molecule has 1 N–H and O–H groups in total. The van der Waals surface area contributed by atoms with Crippen LogP contribution in [-0.4, -0.2) is 36.2 Å². The molecule has 2 rings (SSSR count). The Morgan fingerprint density at radius 2 is 2.12 bits per heavy atom. The molecule has 1 aliphatic heterocycles. The van der Waals surface area contributed by atoms with E-state index in [0.717, 1.165) is 18.3 Å². The van der Waals surface area contributed by atoms with Crippen molar-refractivity contribution in [2.45, 2.75) is 38.5 Å². The average Bonchev–Trinajstić information content (AvgIpc) is 2.31. The van der Waals surface area contributed by atoms with E-state index in [1.165, 1.54) is 51.7 Å². The Hall–Kier alpha value is -0.340. The van der Waals surface area contributed by atoms with Gasteiger partial charge in [0.05, 0.1) is 0 Å². The molecule has 2 aliphatic rings. The minimum atomic E-state index is 0.366. The van der Waals surface area contributed by atoms with E-state index in [0.29, 0.717) is 6.61 Å². The molecular formula is C14H25NO. The lowest BCUT2D eigenvalue weighted by Crippen LogP contribution is -2.39. The molecule has 0 aromatic heterocycles. The molecule has 1 saturated heterocycles. The average molecular weight is 223 g/mol. The number of aliphatic hydroxyl groups is 1. The van der Waals surface area contributed by atoms with Gasteiger partial charge < -0.3 is 10.0 Å². The van der Waals surface area contributed by atoms with Crippen LogP contribution in [0.25, 0.3) is 0 Å². The zero-order valence-corrected chi connectivity index (χ0v) is 10.3. The Kier molecular flexibility index (Phi) is 4.86. The topological polar surface area (TPSA) is 23.5 Å². The maximum absolute atomic E-state index is 9.00. The summed E-state index contributed by atoms with van der Waals surface area (Å²) in [6, 6.07) is 0. The minimum absolute atomic E-state index is 0.366. The summed E-state index contributed by atoms with van der Waals surface area (Å²) in [4.78, 5) is 2.63. The Balaban J connectivity index is 1.74. The van der Waals surface area contributed by atoms with Gasteiger partial charge in [0.25, 0.3) is 0 Å². The summed E-state index contributed by atoms with van der Waals surface area (Å²) in [5, 5.41) is 9.00. The van der Waals surface area contributed by atoms with Gasteiger partial charge >= 0.3 is 0 Å². The second-order valence-corrected chi connectivity index (χ2v) is 5.43. The third-order valence-electron chi connectivity index (χ3n) is 4.03. The molecule has 2 atom stereocenters. The van der Waals surface area contributed by atoms with E-state index in [-0.39, 0.29) is 0 Å². The number of aliphatic hydroxyl groups excluding tert-OH is 1. The lowest BCUT2D eigenvalue weighted by atomic mass is 9.91. The molecular weight excluding hydrogens is 198 g/mol. The fourth-order valence-corrected chi connectivity index (χ4v) is 3.12. The fraction of sp³-hybridized carbons (Fsp3) is 0.857. The van der Waals surface area contributed by atoms with Gasteiger partial charge in [0, 0.05) is 19.7 Å². The third kappa shape index (κ3) is 3.60. The van der Waals surface area contributed by atoms with Crippen molar-refractivity contribution in [2.24, 2.45) is 11.8 Å². The molecule has 1 aliphatic carbocycles. The van der Waals surface area contributed by atoms with Gasteiger partial charge in [-0.2, -0.15) is 0 Å². The molecule has 0 amide bonds. The molecule has 0 spiro atoms. The lowest BCUT2D eigenvalue weighted by Gasteiger charge is -2.35. The number of piperidine rings is 1. The molecule has 0 aromatic carbocycles. The van der Waals surface area contributed by atoms with Crippen LogP contribution >= 0.6 is 0 Å². The molecule has 0 aromatic rings. The van der Waals surface area contributed by atoms with Crippen LogP contribution in [0.4, 0.5) is 0 Å². The van der Waals surface area contributed by atoms with Gasteiger partial charge in [-0.3, -0.25) is 0 Å².